The molecule has 0 spiro atoms. The normalized spacial score (nSPS) is 23.9. The second-order valence-corrected chi connectivity index (χ2v) is 9.20. The zero-order valence-electron chi connectivity index (χ0n) is 18.5. The van der Waals surface area contributed by atoms with Gasteiger partial charge < -0.3 is 9.80 Å². The number of fused-ring (bicyclic) bond motifs is 2. The number of aryl methyl sites for hydroxylation is 1. The lowest BCUT2D eigenvalue weighted by molar-refractivity contribution is -0.134. The molecule has 1 aliphatic carbocycles. The third-order valence-corrected chi connectivity index (χ3v) is 7.22. The molecule has 2 aromatic rings. The van der Waals surface area contributed by atoms with Crippen molar-refractivity contribution in [3.05, 3.63) is 40.3 Å². The number of aromatic nitrogens is 2. The van der Waals surface area contributed by atoms with E-state index in [1.165, 1.54) is 36.9 Å². The predicted molar refractivity (Wildman–Crippen MR) is 119 cm³/mol. The van der Waals surface area contributed by atoms with Crippen molar-refractivity contribution >= 4 is 16.7 Å². The Bertz CT molecular complexity index is 969. The molecule has 0 bridgehead atoms. The lowest BCUT2D eigenvalue weighted by Gasteiger charge is -2.35. The highest BCUT2D eigenvalue weighted by Crippen LogP contribution is 2.40. The third-order valence-electron chi connectivity index (χ3n) is 7.22. The predicted octanol–water partition coefficient (Wildman–Crippen LogP) is 3.06. The number of rotatable bonds is 6. The summed E-state index contributed by atoms with van der Waals surface area (Å²) >= 11 is 0. The van der Waals surface area contributed by atoms with Gasteiger partial charge in [-0.2, -0.15) is 5.10 Å². The smallest absolute Gasteiger partial charge is 0.275 e. The second-order valence-electron chi connectivity index (χ2n) is 9.20. The Morgan fingerprint density at radius 2 is 1.93 bits per heavy atom. The first-order chi connectivity index (χ1) is 14.5. The van der Waals surface area contributed by atoms with Crippen molar-refractivity contribution in [2.24, 2.45) is 11.8 Å². The average molecular weight is 411 g/mol. The van der Waals surface area contributed by atoms with Gasteiger partial charge >= 0.3 is 0 Å². The minimum Gasteiger partial charge on any atom is -0.341 e. The molecule has 2 aliphatic rings. The standard InChI is InChI=1S/C24H34N4O2/c1-4-5-11-26(3)20-13-18-10-12-27(15-19(18)14-20)23(29)16-28-24(30)22-9-7-6-8-21(22)17(2)25-28/h6-9,18-20H,4-5,10-16H2,1-3H3/t18-,19-,20+/m1/s1. The van der Waals surface area contributed by atoms with Crippen LogP contribution < -0.4 is 5.56 Å². The van der Waals surface area contributed by atoms with Gasteiger partial charge in [0.2, 0.25) is 5.91 Å². The van der Waals surface area contributed by atoms with Gasteiger partial charge in [0.1, 0.15) is 6.54 Å². The van der Waals surface area contributed by atoms with E-state index >= 15 is 0 Å². The minimum absolute atomic E-state index is 0.0144. The first kappa shape index (κ1) is 21.0. The summed E-state index contributed by atoms with van der Waals surface area (Å²) in [6, 6.07) is 8.13. The number of unbranched alkanes of at least 4 members (excludes halogenated alkanes) is 1. The van der Waals surface area contributed by atoms with Crippen LogP contribution in [0.2, 0.25) is 0 Å². The molecule has 1 amide bonds. The number of hydrogen-bond acceptors (Lipinski definition) is 4. The van der Waals surface area contributed by atoms with Gasteiger partial charge in [-0.1, -0.05) is 31.5 Å². The van der Waals surface area contributed by atoms with Crippen LogP contribution in [0.25, 0.3) is 10.8 Å². The molecule has 2 heterocycles. The molecule has 162 valence electrons. The second kappa shape index (κ2) is 8.88. The monoisotopic (exact) mass is 410 g/mol. The van der Waals surface area contributed by atoms with Gasteiger partial charge in [-0.05, 0) is 64.1 Å². The summed E-state index contributed by atoms with van der Waals surface area (Å²) in [5.74, 6) is 1.33. The summed E-state index contributed by atoms with van der Waals surface area (Å²) in [6.45, 7) is 6.95. The Balaban J connectivity index is 1.42. The SMILES string of the molecule is CCCCN(C)[C@H]1C[C@H]2CCN(C(=O)Cn3nc(C)c4ccccc4c3=O)C[C@H]2C1. The van der Waals surface area contributed by atoms with Gasteiger partial charge in [0.25, 0.3) is 5.56 Å². The number of likely N-dealkylation sites (tertiary alicyclic amines) is 1. The molecule has 1 aromatic carbocycles. The van der Waals surface area contributed by atoms with Crippen molar-refractivity contribution in [2.45, 2.75) is 58.5 Å². The van der Waals surface area contributed by atoms with Gasteiger partial charge in [-0.25, -0.2) is 4.68 Å². The van der Waals surface area contributed by atoms with Crippen LogP contribution in [-0.4, -0.2) is 58.2 Å². The van der Waals surface area contributed by atoms with E-state index < -0.39 is 0 Å². The molecule has 6 nitrogen and oxygen atoms in total. The molecule has 1 aliphatic heterocycles. The van der Waals surface area contributed by atoms with Crippen molar-refractivity contribution in [1.29, 1.82) is 0 Å². The van der Waals surface area contributed by atoms with Gasteiger partial charge in [0.15, 0.2) is 0 Å². The summed E-state index contributed by atoms with van der Waals surface area (Å²) in [6.07, 6.45) is 6.00. The fraction of sp³-hybridized carbons (Fsp3) is 0.625. The summed E-state index contributed by atoms with van der Waals surface area (Å²) in [4.78, 5) is 30.3. The fourth-order valence-electron chi connectivity index (χ4n) is 5.37. The minimum atomic E-state index is -0.182. The van der Waals surface area contributed by atoms with Crippen molar-refractivity contribution in [1.82, 2.24) is 19.6 Å². The quantitative estimate of drug-likeness (QED) is 0.734. The molecular weight excluding hydrogens is 376 g/mol. The summed E-state index contributed by atoms with van der Waals surface area (Å²) in [5.41, 5.74) is 0.600. The molecule has 0 radical (unpaired) electrons. The molecule has 1 saturated carbocycles. The molecule has 4 rings (SSSR count). The van der Waals surface area contributed by atoms with E-state index in [4.69, 9.17) is 0 Å². The lowest BCUT2D eigenvalue weighted by atomic mass is 9.89. The Labute approximate surface area is 178 Å². The number of hydrogen-bond donors (Lipinski definition) is 0. The van der Waals surface area contributed by atoms with Gasteiger partial charge in [-0.3, -0.25) is 9.59 Å². The fourth-order valence-corrected chi connectivity index (χ4v) is 5.37. The van der Waals surface area contributed by atoms with E-state index in [-0.39, 0.29) is 18.0 Å². The van der Waals surface area contributed by atoms with E-state index in [1.807, 2.05) is 36.1 Å². The Hall–Kier alpha value is -2.21. The molecule has 30 heavy (non-hydrogen) atoms. The Kier molecular flexibility index (Phi) is 6.23. The summed E-state index contributed by atoms with van der Waals surface area (Å²) in [5, 5.41) is 5.90. The maximum atomic E-state index is 13.0. The number of carbonyl (C=O) groups is 1. The maximum absolute atomic E-state index is 13.0. The summed E-state index contributed by atoms with van der Waals surface area (Å²) in [7, 11) is 2.25. The molecular formula is C24H34N4O2. The number of amides is 1. The van der Waals surface area contributed by atoms with Crippen LogP contribution >= 0.6 is 0 Å². The molecule has 0 unspecified atom stereocenters. The number of benzene rings is 1. The van der Waals surface area contributed by atoms with Gasteiger partial charge in [0, 0.05) is 24.5 Å². The topological polar surface area (TPSA) is 58.4 Å². The van der Waals surface area contributed by atoms with Crippen molar-refractivity contribution < 1.29 is 4.79 Å². The van der Waals surface area contributed by atoms with Gasteiger partial charge in [0.05, 0.1) is 11.1 Å². The van der Waals surface area contributed by atoms with Crippen LogP contribution in [0.5, 0.6) is 0 Å². The van der Waals surface area contributed by atoms with Crippen LogP contribution in [0.1, 0.15) is 44.7 Å². The zero-order chi connectivity index (χ0) is 21.3. The molecule has 1 aromatic heterocycles. The van der Waals surface area contributed by atoms with Crippen LogP contribution in [-0.2, 0) is 11.3 Å². The van der Waals surface area contributed by atoms with Crippen LogP contribution in [0.3, 0.4) is 0 Å². The number of carbonyl (C=O) groups excluding carboxylic acids is 1. The highest BCUT2D eigenvalue weighted by Gasteiger charge is 2.40. The van der Waals surface area contributed by atoms with E-state index in [9.17, 15) is 9.59 Å². The number of piperidine rings is 1. The van der Waals surface area contributed by atoms with E-state index in [1.54, 1.807) is 0 Å². The first-order valence-corrected chi connectivity index (χ1v) is 11.4. The van der Waals surface area contributed by atoms with Crippen LogP contribution in [0.4, 0.5) is 0 Å². The molecule has 0 N–H and O–H groups in total. The zero-order valence-corrected chi connectivity index (χ0v) is 18.5. The van der Waals surface area contributed by atoms with Crippen LogP contribution in [0.15, 0.2) is 29.1 Å². The van der Waals surface area contributed by atoms with Crippen molar-refractivity contribution in [3.63, 3.8) is 0 Å². The molecule has 3 atom stereocenters. The number of nitrogens with zero attached hydrogens (tertiary/aromatic N) is 4. The van der Waals surface area contributed by atoms with Crippen molar-refractivity contribution in [2.75, 3.05) is 26.7 Å². The Morgan fingerprint density at radius 3 is 2.70 bits per heavy atom. The third kappa shape index (κ3) is 4.15. The lowest BCUT2D eigenvalue weighted by Crippen LogP contribution is -2.45. The molecule has 1 saturated heterocycles. The largest absolute Gasteiger partial charge is 0.341 e. The van der Waals surface area contributed by atoms with Gasteiger partial charge in [-0.15, -0.1) is 0 Å². The van der Waals surface area contributed by atoms with E-state index in [2.05, 4.69) is 24.0 Å². The molecule has 6 heteroatoms. The maximum Gasteiger partial charge on any atom is 0.275 e. The molecule has 2 fully saturated rings. The first-order valence-electron chi connectivity index (χ1n) is 11.4. The summed E-state index contributed by atoms with van der Waals surface area (Å²) < 4.78 is 1.35. The van der Waals surface area contributed by atoms with Crippen LogP contribution in [0, 0.1) is 18.8 Å². The highest BCUT2D eigenvalue weighted by molar-refractivity contribution is 5.83. The van der Waals surface area contributed by atoms with Crippen molar-refractivity contribution in [3.8, 4) is 0 Å². The van der Waals surface area contributed by atoms with E-state index in [0.717, 1.165) is 36.5 Å². The highest BCUT2D eigenvalue weighted by atomic mass is 16.2. The Morgan fingerprint density at radius 1 is 1.20 bits per heavy atom. The average Bonchev–Trinajstić information content (AvgIpc) is 3.19. The van der Waals surface area contributed by atoms with E-state index in [0.29, 0.717) is 17.3 Å².